The normalized spacial score (nSPS) is 10.0. The Labute approximate surface area is 90.3 Å². The third-order valence-corrected chi connectivity index (χ3v) is 2.49. The molecule has 1 aromatic rings. The van der Waals surface area contributed by atoms with Gasteiger partial charge in [-0.1, -0.05) is 31.2 Å². The van der Waals surface area contributed by atoms with Crippen LogP contribution in [0.15, 0.2) is 24.3 Å². The summed E-state index contributed by atoms with van der Waals surface area (Å²) in [5.41, 5.74) is 2.49. The van der Waals surface area contributed by atoms with Crippen LogP contribution in [0.2, 0.25) is 0 Å². The molecule has 0 bridgehead atoms. The smallest absolute Gasteiger partial charge is 0.407 e. The van der Waals surface area contributed by atoms with E-state index >= 15 is 0 Å². The number of carbonyl (C=O) groups is 1. The van der Waals surface area contributed by atoms with Crippen LogP contribution in [0.1, 0.15) is 18.1 Å². The van der Waals surface area contributed by atoms with Crippen LogP contribution in [0, 0.1) is 0 Å². The van der Waals surface area contributed by atoms with Gasteiger partial charge in [-0.3, -0.25) is 0 Å². The van der Waals surface area contributed by atoms with Gasteiger partial charge >= 0.3 is 6.09 Å². The monoisotopic (exact) mass is 207 g/mol. The van der Waals surface area contributed by atoms with Crippen LogP contribution in [0.5, 0.6) is 0 Å². The van der Waals surface area contributed by atoms with Crippen molar-refractivity contribution in [3.63, 3.8) is 0 Å². The molecule has 0 aromatic heterocycles. The summed E-state index contributed by atoms with van der Waals surface area (Å²) in [6.07, 6.45) is 0.933. The number of carboxylic acid groups (broad SMARTS) is 1. The second-order valence-electron chi connectivity index (χ2n) is 3.62. The Morgan fingerprint density at radius 3 is 2.27 bits per heavy atom. The van der Waals surface area contributed by atoms with Crippen molar-refractivity contribution in [3.05, 3.63) is 35.4 Å². The first-order valence-electron chi connectivity index (χ1n) is 5.15. The molecule has 0 saturated carbocycles. The molecular formula is C12H17NO2. The van der Waals surface area contributed by atoms with E-state index in [1.54, 1.807) is 7.05 Å². The van der Waals surface area contributed by atoms with Gasteiger partial charge in [0, 0.05) is 13.6 Å². The van der Waals surface area contributed by atoms with Crippen LogP contribution in [0.3, 0.4) is 0 Å². The Kier molecular flexibility index (Phi) is 4.16. The van der Waals surface area contributed by atoms with Gasteiger partial charge in [-0.15, -0.1) is 0 Å². The average Bonchev–Trinajstić information content (AvgIpc) is 2.26. The maximum atomic E-state index is 10.5. The highest BCUT2D eigenvalue weighted by Crippen LogP contribution is 2.06. The molecule has 15 heavy (non-hydrogen) atoms. The van der Waals surface area contributed by atoms with Gasteiger partial charge in [-0.05, 0) is 24.0 Å². The minimum absolute atomic E-state index is 0.542. The molecule has 0 aliphatic heterocycles. The van der Waals surface area contributed by atoms with E-state index in [0.717, 1.165) is 12.8 Å². The molecule has 1 aromatic carbocycles. The summed E-state index contributed by atoms with van der Waals surface area (Å²) in [6.45, 7) is 2.66. The van der Waals surface area contributed by atoms with Crippen molar-refractivity contribution in [3.8, 4) is 0 Å². The van der Waals surface area contributed by atoms with Crippen LogP contribution in [0.4, 0.5) is 4.79 Å². The summed E-state index contributed by atoms with van der Waals surface area (Å²) in [5, 5.41) is 8.67. The second-order valence-corrected chi connectivity index (χ2v) is 3.62. The Hall–Kier alpha value is -1.51. The minimum Gasteiger partial charge on any atom is -0.465 e. The first-order chi connectivity index (χ1) is 7.13. The first kappa shape index (κ1) is 11.6. The van der Waals surface area contributed by atoms with Crippen molar-refractivity contribution in [2.75, 3.05) is 13.6 Å². The SMILES string of the molecule is CCc1ccc(CCN(C)C(=O)O)cc1. The maximum absolute atomic E-state index is 10.5. The van der Waals surface area contributed by atoms with Crippen LogP contribution >= 0.6 is 0 Å². The van der Waals surface area contributed by atoms with Crippen LogP contribution in [0.25, 0.3) is 0 Å². The summed E-state index contributed by atoms with van der Waals surface area (Å²) in [7, 11) is 1.59. The Bertz CT molecular complexity index is 319. The number of likely N-dealkylation sites (N-methyl/N-ethyl adjacent to an activating group) is 1. The van der Waals surface area contributed by atoms with Gasteiger partial charge in [0.2, 0.25) is 0 Å². The summed E-state index contributed by atoms with van der Waals surface area (Å²) in [4.78, 5) is 11.8. The first-order valence-corrected chi connectivity index (χ1v) is 5.15. The number of aryl methyl sites for hydroxylation is 1. The molecular weight excluding hydrogens is 190 g/mol. The van der Waals surface area contributed by atoms with E-state index in [2.05, 4.69) is 31.2 Å². The van der Waals surface area contributed by atoms with Gasteiger partial charge in [0.25, 0.3) is 0 Å². The Balaban J connectivity index is 2.47. The highest BCUT2D eigenvalue weighted by Gasteiger charge is 2.04. The molecule has 0 atom stereocenters. The van der Waals surface area contributed by atoms with Crippen molar-refractivity contribution in [2.45, 2.75) is 19.8 Å². The molecule has 0 unspecified atom stereocenters. The number of rotatable bonds is 4. The van der Waals surface area contributed by atoms with Crippen molar-refractivity contribution in [2.24, 2.45) is 0 Å². The predicted octanol–water partition coefficient (Wildman–Crippen LogP) is 2.40. The molecule has 0 aliphatic carbocycles. The molecule has 0 spiro atoms. The standard InChI is InChI=1S/C12H17NO2/c1-3-10-4-6-11(7-5-10)8-9-13(2)12(14)15/h4-7H,3,8-9H2,1-2H3,(H,14,15). The molecule has 1 rings (SSSR count). The molecule has 0 saturated heterocycles. The van der Waals surface area contributed by atoms with E-state index in [-0.39, 0.29) is 0 Å². The third-order valence-electron chi connectivity index (χ3n) is 2.49. The van der Waals surface area contributed by atoms with E-state index in [0.29, 0.717) is 6.54 Å². The lowest BCUT2D eigenvalue weighted by Crippen LogP contribution is -2.26. The van der Waals surface area contributed by atoms with E-state index in [4.69, 9.17) is 5.11 Å². The topological polar surface area (TPSA) is 40.5 Å². The van der Waals surface area contributed by atoms with E-state index in [1.807, 2.05) is 0 Å². The second kappa shape index (κ2) is 5.39. The van der Waals surface area contributed by atoms with E-state index in [1.165, 1.54) is 16.0 Å². The number of benzene rings is 1. The molecule has 1 N–H and O–H groups in total. The van der Waals surface area contributed by atoms with Gasteiger partial charge in [-0.25, -0.2) is 4.79 Å². The molecule has 82 valence electrons. The summed E-state index contributed by atoms with van der Waals surface area (Å²) < 4.78 is 0. The van der Waals surface area contributed by atoms with Crippen molar-refractivity contribution in [1.29, 1.82) is 0 Å². The van der Waals surface area contributed by atoms with Gasteiger partial charge in [-0.2, -0.15) is 0 Å². The number of hydrogen-bond donors (Lipinski definition) is 1. The Morgan fingerprint density at radius 2 is 1.80 bits per heavy atom. The zero-order valence-corrected chi connectivity index (χ0v) is 9.23. The van der Waals surface area contributed by atoms with Gasteiger partial charge in [0.05, 0.1) is 0 Å². The molecule has 0 radical (unpaired) electrons. The predicted molar refractivity (Wildman–Crippen MR) is 60.2 cm³/mol. The minimum atomic E-state index is -0.875. The lowest BCUT2D eigenvalue weighted by atomic mass is 10.1. The molecule has 3 heteroatoms. The van der Waals surface area contributed by atoms with Crippen LogP contribution in [-0.4, -0.2) is 29.7 Å². The highest BCUT2D eigenvalue weighted by molar-refractivity contribution is 5.64. The lowest BCUT2D eigenvalue weighted by molar-refractivity contribution is 0.156. The van der Waals surface area contributed by atoms with Crippen molar-refractivity contribution < 1.29 is 9.90 Å². The van der Waals surface area contributed by atoms with Gasteiger partial charge in [0.15, 0.2) is 0 Å². The maximum Gasteiger partial charge on any atom is 0.407 e. The van der Waals surface area contributed by atoms with Crippen LogP contribution < -0.4 is 0 Å². The lowest BCUT2D eigenvalue weighted by Gasteiger charge is -2.12. The largest absolute Gasteiger partial charge is 0.465 e. The summed E-state index contributed by atoms with van der Waals surface area (Å²) in [6, 6.07) is 8.31. The average molecular weight is 207 g/mol. The van der Waals surface area contributed by atoms with E-state index in [9.17, 15) is 4.79 Å². The fourth-order valence-corrected chi connectivity index (χ4v) is 1.33. The number of hydrogen-bond acceptors (Lipinski definition) is 1. The number of nitrogens with zero attached hydrogens (tertiary/aromatic N) is 1. The third kappa shape index (κ3) is 3.62. The molecule has 0 fully saturated rings. The summed E-state index contributed by atoms with van der Waals surface area (Å²) in [5.74, 6) is 0. The van der Waals surface area contributed by atoms with E-state index < -0.39 is 6.09 Å². The highest BCUT2D eigenvalue weighted by atomic mass is 16.4. The zero-order chi connectivity index (χ0) is 11.3. The summed E-state index contributed by atoms with van der Waals surface area (Å²) >= 11 is 0. The van der Waals surface area contributed by atoms with Gasteiger partial charge < -0.3 is 10.0 Å². The molecule has 3 nitrogen and oxygen atoms in total. The zero-order valence-electron chi connectivity index (χ0n) is 9.23. The van der Waals surface area contributed by atoms with Crippen molar-refractivity contribution in [1.82, 2.24) is 4.90 Å². The molecule has 0 heterocycles. The molecule has 1 amide bonds. The van der Waals surface area contributed by atoms with Gasteiger partial charge in [0.1, 0.15) is 0 Å². The molecule has 0 aliphatic rings. The quantitative estimate of drug-likeness (QED) is 0.823. The number of amides is 1. The van der Waals surface area contributed by atoms with Crippen LogP contribution in [-0.2, 0) is 12.8 Å². The fourth-order valence-electron chi connectivity index (χ4n) is 1.33. The van der Waals surface area contributed by atoms with Crippen molar-refractivity contribution >= 4 is 6.09 Å². The Morgan fingerprint density at radius 1 is 1.27 bits per heavy atom. The fraction of sp³-hybridized carbons (Fsp3) is 0.417.